The molecule has 1 aromatic heterocycles. The molecular weight excluding hydrogens is 391 g/mol. The number of benzene rings is 2. The van der Waals surface area contributed by atoms with E-state index in [1.165, 1.54) is 30.4 Å². The summed E-state index contributed by atoms with van der Waals surface area (Å²) < 4.78 is 18.1. The molecule has 0 bridgehead atoms. The van der Waals surface area contributed by atoms with Gasteiger partial charge in [0.1, 0.15) is 10.8 Å². The van der Waals surface area contributed by atoms with Crippen molar-refractivity contribution in [1.82, 2.24) is 10.3 Å². The monoisotopic (exact) mass is 412 g/mol. The van der Waals surface area contributed by atoms with E-state index in [1.54, 1.807) is 12.1 Å². The number of aryl methyl sites for hydroxylation is 1. The summed E-state index contributed by atoms with van der Waals surface area (Å²) in [5, 5.41) is 5.32. The minimum atomic E-state index is -0.933. The summed E-state index contributed by atoms with van der Waals surface area (Å²) in [4.78, 5) is 28.8. The fraction of sp³-hybridized carbons (Fsp3) is 0.227. The van der Waals surface area contributed by atoms with Gasteiger partial charge in [-0.3, -0.25) is 9.59 Å². The minimum absolute atomic E-state index is 0.00209. The highest BCUT2D eigenvalue weighted by molar-refractivity contribution is 7.13. The van der Waals surface area contributed by atoms with Crippen LogP contribution in [0.2, 0.25) is 0 Å². The van der Waals surface area contributed by atoms with E-state index < -0.39 is 18.0 Å². The van der Waals surface area contributed by atoms with Gasteiger partial charge in [0.25, 0.3) is 5.91 Å². The average Bonchev–Trinajstić information content (AvgIpc) is 3.15. The topological polar surface area (TPSA) is 68.3 Å². The van der Waals surface area contributed by atoms with Crippen LogP contribution in [-0.4, -0.2) is 23.0 Å². The third-order valence-corrected chi connectivity index (χ3v) is 5.14. The number of nitrogens with zero attached hydrogens (tertiary/aromatic N) is 1. The van der Waals surface area contributed by atoms with Crippen LogP contribution < -0.4 is 5.32 Å². The largest absolute Gasteiger partial charge is 0.452 e. The molecule has 1 atom stereocenters. The Balaban J connectivity index is 1.49. The number of hydrogen-bond acceptors (Lipinski definition) is 5. The van der Waals surface area contributed by atoms with Gasteiger partial charge in [-0.15, -0.1) is 11.3 Å². The first-order valence-electron chi connectivity index (χ1n) is 9.14. The molecule has 29 heavy (non-hydrogen) atoms. The first-order valence-corrected chi connectivity index (χ1v) is 10.0. The molecule has 0 aliphatic heterocycles. The molecule has 3 aromatic rings. The van der Waals surface area contributed by atoms with E-state index in [9.17, 15) is 14.0 Å². The molecule has 3 rings (SSSR count). The molecule has 5 nitrogen and oxygen atoms in total. The molecule has 0 aliphatic rings. The highest BCUT2D eigenvalue weighted by Gasteiger charge is 2.19. The van der Waals surface area contributed by atoms with Gasteiger partial charge in [0.2, 0.25) is 0 Å². The number of rotatable bonds is 7. The zero-order chi connectivity index (χ0) is 20.8. The summed E-state index contributed by atoms with van der Waals surface area (Å²) in [7, 11) is 0. The Morgan fingerprint density at radius 1 is 1.21 bits per heavy atom. The number of esters is 1. The molecule has 1 N–H and O–H groups in total. The van der Waals surface area contributed by atoms with Crippen molar-refractivity contribution in [2.75, 3.05) is 0 Å². The Bertz CT molecular complexity index is 1000. The maximum Gasteiger partial charge on any atom is 0.312 e. The molecule has 0 fully saturated rings. The average molecular weight is 412 g/mol. The van der Waals surface area contributed by atoms with Crippen molar-refractivity contribution in [3.63, 3.8) is 0 Å². The quantitative estimate of drug-likeness (QED) is 0.595. The SMILES string of the molecule is Cc1cccc(-c2nc(CC(=O)O[C@@H](C)C(=O)NCc3ccc(F)cc3)cs2)c1. The molecule has 2 aromatic carbocycles. The Morgan fingerprint density at radius 3 is 2.69 bits per heavy atom. The van der Waals surface area contributed by atoms with Crippen LogP contribution in [0.3, 0.4) is 0 Å². The maximum absolute atomic E-state index is 12.9. The fourth-order valence-corrected chi connectivity index (χ4v) is 3.49. The predicted octanol–water partition coefficient (Wildman–Crippen LogP) is 4.05. The second kappa shape index (κ2) is 9.43. The summed E-state index contributed by atoms with van der Waals surface area (Å²) in [6.07, 6.45) is -0.935. The Hall–Kier alpha value is -3.06. The standard InChI is InChI=1S/C22H21FN2O3S/c1-14-4-3-5-17(10-14)22-25-19(13-29-22)11-20(26)28-15(2)21(27)24-12-16-6-8-18(23)9-7-16/h3-10,13,15H,11-12H2,1-2H3,(H,24,27)/t15-/m0/s1. The summed E-state index contributed by atoms with van der Waals surface area (Å²) in [6.45, 7) is 3.75. The predicted molar refractivity (Wildman–Crippen MR) is 110 cm³/mol. The van der Waals surface area contributed by atoms with Crippen molar-refractivity contribution in [3.05, 3.63) is 76.5 Å². The molecule has 1 amide bonds. The number of aromatic nitrogens is 1. The van der Waals surface area contributed by atoms with Crippen LogP contribution in [0.1, 0.15) is 23.7 Å². The van der Waals surface area contributed by atoms with Gasteiger partial charge in [-0.05, 0) is 37.6 Å². The molecule has 150 valence electrons. The lowest BCUT2D eigenvalue weighted by Gasteiger charge is -2.13. The van der Waals surface area contributed by atoms with Crippen LogP contribution in [0.15, 0.2) is 53.9 Å². The molecule has 7 heteroatoms. The second-order valence-corrected chi connectivity index (χ2v) is 7.52. The number of amides is 1. The zero-order valence-electron chi connectivity index (χ0n) is 16.1. The van der Waals surface area contributed by atoms with Crippen LogP contribution in [0, 0.1) is 12.7 Å². The summed E-state index contributed by atoms with van der Waals surface area (Å²) in [5.41, 5.74) is 3.50. The van der Waals surface area contributed by atoms with Crippen molar-refractivity contribution in [2.24, 2.45) is 0 Å². The fourth-order valence-electron chi connectivity index (χ4n) is 2.67. The van der Waals surface area contributed by atoms with E-state index in [0.29, 0.717) is 5.69 Å². The lowest BCUT2D eigenvalue weighted by Crippen LogP contribution is -2.35. The van der Waals surface area contributed by atoms with Gasteiger partial charge < -0.3 is 10.1 Å². The normalized spacial score (nSPS) is 11.7. The van der Waals surface area contributed by atoms with Gasteiger partial charge in [0.05, 0.1) is 12.1 Å². The van der Waals surface area contributed by atoms with Crippen LogP contribution in [-0.2, 0) is 27.3 Å². The number of carbonyl (C=O) groups excluding carboxylic acids is 2. The first kappa shape index (κ1) is 20.7. The van der Waals surface area contributed by atoms with E-state index in [2.05, 4.69) is 10.3 Å². The number of carbonyl (C=O) groups is 2. The zero-order valence-corrected chi connectivity index (χ0v) is 17.0. The summed E-state index contributed by atoms with van der Waals surface area (Å²) >= 11 is 1.46. The van der Waals surface area contributed by atoms with E-state index in [-0.39, 0.29) is 18.8 Å². The molecule has 0 saturated heterocycles. The van der Waals surface area contributed by atoms with Crippen molar-refractivity contribution >= 4 is 23.2 Å². The van der Waals surface area contributed by atoms with Gasteiger partial charge in [0, 0.05) is 17.5 Å². The number of thiazole rings is 1. The van der Waals surface area contributed by atoms with Crippen molar-refractivity contribution in [2.45, 2.75) is 32.9 Å². The highest BCUT2D eigenvalue weighted by Crippen LogP contribution is 2.24. The van der Waals surface area contributed by atoms with Gasteiger partial charge in [-0.25, -0.2) is 9.37 Å². The number of ether oxygens (including phenoxy) is 1. The molecule has 0 aliphatic carbocycles. The number of halogens is 1. The molecule has 1 heterocycles. The lowest BCUT2D eigenvalue weighted by molar-refractivity contribution is -0.154. The van der Waals surface area contributed by atoms with E-state index in [1.807, 2.05) is 36.6 Å². The third-order valence-electron chi connectivity index (χ3n) is 4.20. The molecule has 0 unspecified atom stereocenters. The summed E-state index contributed by atoms with van der Waals surface area (Å²) in [5.74, 6) is -1.27. The van der Waals surface area contributed by atoms with Gasteiger partial charge >= 0.3 is 5.97 Å². The van der Waals surface area contributed by atoms with Crippen LogP contribution >= 0.6 is 11.3 Å². The van der Waals surface area contributed by atoms with E-state index in [4.69, 9.17) is 4.74 Å². The Labute approximate surface area is 172 Å². The molecule has 0 saturated carbocycles. The first-order chi connectivity index (χ1) is 13.9. The van der Waals surface area contributed by atoms with Crippen LogP contribution in [0.25, 0.3) is 10.6 Å². The van der Waals surface area contributed by atoms with Crippen molar-refractivity contribution < 1.29 is 18.7 Å². The Morgan fingerprint density at radius 2 is 1.97 bits per heavy atom. The van der Waals surface area contributed by atoms with Crippen LogP contribution in [0.4, 0.5) is 4.39 Å². The lowest BCUT2D eigenvalue weighted by atomic mass is 10.1. The van der Waals surface area contributed by atoms with Crippen LogP contribution in [0.5, 0.6) is 0 Å². The van der Waals surface area contributed by atoms with Gasteiger partial charge in [-0.1, -0.05) is 35.9 Å². The van der Waals surface area contributed by atoms with Gasteiger partial charge in [-0.2, -0.15) is 0 Å². The third kappa shape index (κ3) is 5.96. The molecular formula is C22H21FN2O3S. The smallest absolute Gasteiger partial charge is 0.312 e. The maximum atomic E-state index is 12.9. The summed E-state index contributed by atoms with van der Waals surface area (Å²) in [6, 6.07) is 13.8. The molecule has 0 radical (unpaired) electrons. The highest BCUT2D eigenvalue weighted by atomic mass is 32.1. The molecule has 0 spiro atoms. The Kier molecular flexibility index (Phi) is 6.72. The second-order valence-electron chi connectivity index (χ2n) is 6.67. The number of hydrogen-bond donors (Lipinski definition) is 1. The van der Waals surface area contributed by atoms with Crippen molar-refractivity contribution in [3.8, 4) is 10.6 Å². The van der Waals surface area contributed by atoms with E-state index in [0.717, 1.165) is 21.7 Å². The number of nitrogens with one attached hydrogen (secondary N) is 1. The van der Waals surface area contributed by atoms with Gasteiger partial charge in [0.15, 0.2) is 6.10 Å². The minimum Gasteiger partial charge on any atom is -0.452 e. The van der Waals surface area contributed by atoms with Crippen molar-refractivity contribution in [1.29, 1.82) is 0 Å². The van der Waals surface area contributed by atoms with E-state index >= 15 is 0 Å².